The Morgan fingerprint density at radius 2 is 2.04 bits per heavy atom. The maximum absolute atomic E-state index is 12.4. The Bertz CT molecular complexity index is 698. The number of nitrogens with one attached hydrogen (secondary N) is 1. The van der Waals surface area contributed by atoms with Gasteiger partial charge in [0.2, 0.25) is 0 Å². The van der Waals surface area contributed by atoms with Crippen LogP contribution in [0.25, 0.3) is 0 Å². The van der Waals surface area contributed by atoms with Crippen molar-refractivity contribution in [2.45, 2.75) is 31.3 Å². The Labute approximate surface area is 135 Å². The number of carbonyl (C=O) groups excluding carboxylic acids is 1. The third-order valence-electron chi connectivity index (χ3n) is 3.02. The number of aryl methyl sites for hydroxylation is 2. The molecule has 124 valence electrons. The smallest absolute Gasteiger partial charge is 0.361 e. The normalized spacial score (nSPS) is 11.5. The SMILES string of the molecule is CCc1noc(C)c1C(=O)Nc1ccccc1SCC(F)(F)F. The van der Waals surface area contributed by atoms with Crippen molar-refractivity contribution in [3.8, 4) is 0 Å². The fourth-order valence-electron chi connectivity index (χ4n) is 1.99. The van der Waals surface area contributed by atoms with Gasteiger partial charge in [-0.2, -0.15) is 13.2 Å². The molecule has 0 spiro atoms. The lowest BCUT2D eigenvalue weighted by atomic mass is 10.1. The van der Waals surface area contributed by atoms with Gasteiger partial charge in [0.05, 0.1) is 17.1 Å². The van der Waals surface area contributed by atoms with Gasteiger partial charge in [0.1, 0.15) is 11.3 Å². The number of aromatic nitrogens is 1. The van der Waals surface area contributed by atoms with Gasteiger partial charge < -0.3 is 9.84 Å². The number of amides is 1. The number of hydrogen-bond acceptors (Lipinski definition) is 4. The number of rotatable bonds is 5. The van der Waals surface area contributed by atoms with Gasteiger partial charge in [-0.05, 0) is 25.5 Å². The third kappa shape index (κ3) is 4.51. The number of thioether (sulfide) groups is 1. The maximum atomic E-state index is 12.4. The minimum absolute atomic E-state index is 0.322. The van der Waals surface area contributed by atoms with E-state index in [0.717, 1.165) is 0 Å². The second-order valence-electron chi connectivity index (χ2n) is 4.77. The van der Waals surface area contributed by atoms with E-state index >= 15 is 0 Å². The van der Waals surface area contributed by atoms with Gasteiger partial charge in [-0.3, -0.25) is 4.79 Å². The van der Waals surface area contributed by atoms with E-state index < -0.39 is 17.8 Å². The molecular weight excluding hydrogens is 329 g/mol. The molecule has 1 heterocycles. The van der Waals surface area contributed by atoms with Crippen LogP contribution in [0.1, 0.15) is 28.7 Å². The highest BCUT2D eigenvalue weighted by molar-refractivity contribution is 7.99. The number of nitrogens with zero attached hydrogens (tertiary/aromatic N) is 1. The van der Waals surface area contributed by atoms with E-state index in [1.165, 1.54) is 6.07 Å². The monoisotopic (exact) mass is 344 g/mol. The van der Waals surface area contributed by atoms with Crippen molar-refractivity contribution in [3.63, 3.8) is 0 Å². The molecule has 1 N–H and O–H groups in total. The summed E-state index contributed by atoms with van der Waals surface area (Å²) in [6, 6.07) is 6.36. The molecule has 4 nitrogen and oxygen atoms in total. The van der Waals surface area contributed by atoms with Crippen LogP contribution < -0.4 is 5.32 Å². The molecule has 8 heteroatoms. The van der Waals surface area contributed by atoms with Gasteiger partial charge in [0, 0.05) is 4.90 Å². The highest BCUT2D eigenvalue weighted by Crippen LogP contribution is 2.32. The molecule has 2 aromatic rings. The molecule has 0 aliphatic carbocycles. The van der Waals surface area contributed by atoms with Crippen LogP contribution in [0.2, 0.25) is 0 Å². The molecule has 23 heavy (non-hydrogen) atoms. The number of anilines is 1. The molecule has 0 bridgehead atoms. The summed E-state index contributed by atoms with van der Waals surface area (Å²) in [5.41, 5.74) is 1.16. The van der Waals surface area contributed by atoms with Crippen molar-refractivity contribution in [1.82, 2.24) is 5.16 Å². The summed E-state index contributed by atoms with van der Waals surface area (Å²) in [6.07, 6.45) is -3.76. The average Bonchev–Trinajstić information content (AvgIpc) is 2.86. The Morgan fingerprint density at radius 1 is 1.35 bits per heavy atom. The van der Waals surface area contributed by atoms with Crippen molar-refractivity contribution in [2.75, 3.05) is 11.1 Å². The topological polar surface area (TPSA) is 55.1 Å². The van der Waals surface area contributed by atoms with Crippen LogP contribution in [0.15, 0.2) is 33.7 Å². The van der Waals surface area contributed by atoms with E-state index in [-0.39, 0.29) is 0 Å². The molecule has 1 aromatic carbocycles. The molecule has 1 aromatic heterocycles. The van der Waals surface area contributed by atoms with E-state index in [0.29, 0.717) is 45.8 Å². The molecule has 2 rings (SSSR count). The van der Waals surface area contributed by atoms with Gasteiger partial charge in [-0.25, -0.2) is 0 Å². The predicted octanol–water partition coefficient (Wildman–Crippen LogP) is 4.45. The first-order valence-corrected chi connectivity index (χ1v) is 7.85. The Balaban J connectivity index is 2.20. The molecule has 0 unspecified atom stereocenters. The van der Waals surface area contributed by atoms with Gasteiger partial charge in [-0.1, -0.05) is 24.2 Å². The number of hydrogen-bond donors (Lipinski definition) is 1. The summed E-state index contributed by atoms with van der Waals surface area (Å²) in [5.74, 6) is -1.09. The minimum atomic E-state index is -4.28. The van der Waals surface area contributed by atoms with Gasteiger partial charge in [0.25, 0.3) is 5.91 Å². The summed E-state index contributed by atoms with van der Waals surface area (Å²) < 4.78 is 42.1. The maximum Gasteiger partial charge on any atom is 0.398 e. The number of benzene rings is 1. The molecule has 0 saturated heterocycles. The van der Waals surface area contributed by atoms with Crippen LogP contribution in [0.5, 0.6) is 0 Å². The van der Waals surface area contributed by atoms with Crippen LogP contribution in [-0.4, -0.2) is 23.0 Å². The molecule has 0 fully saturated rings. The lowest BCUT2D eigenvalue weighted by Crippen LogP contribution is -2.15. The summed E-state index contributed by atoms with van der Waals surface area (Å²) in [5, 5.41) is 6.44. The van der Waals surface area contributed by atoms with Crippen molar-refractivity contribution in [2.24, 2.45) is 0 Å². The summed E-state index contributed by atoms with van der Waals surface area (Å²) in [7, 11) is 0. The van der Waals surface area contributed by atoms with Crippen molar-refractivity contribution in [3.05, 3.63) is 41.3 Å². The van der Waals surface area contributed by atoms with E-state index in [9.17, 15) is 18.0 Å². The van der Waals surface area contributed by atoms with Gasteiger partial charge in [0.15, 0.2) is 0 Å². The van der Waals surface area contributed by atoms with Crippen molar-refractivity contribution >= 4 is 23.4 Å². The Kier molecular flexibility index (Phi) is 5.35. The lowest BCUT2D eigenvalue weighted by molar-refractivity contribution is -0.105. The Hall–Kier alpha value is -1.96. The number of halogens is 3. The quantitative estimate of drug-likeness (QED) is 0.814. The molecule has 0 atom stereocenters. The van der Waals surface area contributed by atoms with Crippen molar-refractivity contribution < 1.29 is 22.5 Å². The molecule has 0 saturated carbocycles. The largest absolute Gasteiger partial charge is 0.398 e. The van der Waals surface area contributed by atoms with Crippen LogP contribution in [0.3, 0.4) is 0 Å². The van der Waals surface area contributed by atoms with E-state index in [2.05, 4.69) is 10.5 Å². The van der Waals surface area contributed by atoms with Gasteiger partial charge >= 0.3 is 6.18 Å². The van der Waals surface area contributed by atoms with Crippen molar-refractivity contribution in [1.29, 1.82) is 0 Å². The second kappa shape index (κ2) is 7.08. The van der Waals surface area contributed by atoms with E-state index in [1.807, 2.05) is 6.92 Å². The fourth-order valence-corrected chi connectivity index (χ4v) is 2.76. The van der Waals surface area contributed by atoms with Crippen LogP contribution >= 0.6 is 11.8 Å². The van der Waals surface area contributed by atoms with Crippen LogP contribution in [0.4, 0.5) is 18.9 Å². The molecule has 1 amide bonds. The average molecular weight is 344 g/mol. The first kappa shape index (κ1) is 17.4. The van der Waals surface area contributed by atoms with Gasteiger partial charge in [-0.15, -0.1) is 11.8 Å². The minimum Gasteiger partial charge on any atom is -0.361 e. The fraction of sp³-hybridized carbons (Fsp3) is 0.333. The first-order chi connectivity index (χ1) is 10.8. The highest BCUT2D eigenvalue weighted by atomic mass is 32.2. The summed E-state index contributed by atoms with van der Waals surface area (Å²) >= 11 is 0.629. The van der Waals surface area contributed by atoms with Crippen LogP contribution in [0, 0.1) is 6.92 Å². The lowest BCUT2D eigenvalue weighted by Gasteiger charge is -2.12. The highest BCUT2D eigenvalue weighted by Gasteiger charge is 2.28. The first-order valence-electron chi connectivity index (χ1n) is 6.87. The standard InChI is InChI=1S/C15H15F3N2O2S/c1-3-10-13(9(2)22-20-10)14(21)19-11-6-4-5-7-12(11)23-8-15(16,17)18/h4-7H,3,8H2,1-2H3,(H,19,21). The zero-order valence-corrected chi connectivity index (χ0v) is 13.3. The molecule has 0 aliphatic rings. The third-order valence-corrected chi connectivity index (χ3v) is 4.16. The zero-order valence-electron chi connectivity index (χ0n) is 12.5. The predicted molar refractivity (Wildman–Crippen MR) is 81.8 cm³/mol. The Morgan fingerprint density at radius 3 is 2.70 bits per heavy atom. The second-order valence-corrected chi connectivity index (χ2v) is 5.79. The number of alkyl halides is 3. The summed E-state index contributed by atoms with van der Waals surface area (Å²) in [6.45, 7) is 3.45. The molecule has 0 radical (unpaired) electrons. The van der Waals surface area contributed by atoms with E-state index in [1.54, 1.807) is 25.1 Å². The number of carbonyl (C=O) groups is 1. The summed E-state index contributed by atoms with van der Waals surface area (Å²) in [4.78, 5) is 12.7. The molecular formula is C15H15F3N2O2S. The zero-order chi connectivity index (χ0) is 17.0. The van der Waals surface area contributed by atoms with E-state index in [4.69, 9.17) is 4.52 Å². The molecule has 0 aliphatic heterocycles. The van der Waals surface area contributed by atoms with Crippen LogP contribution in [-0.2, 0) is 6.42 Å². The number of para-hydroxylation sites is 1.